The second kappa shape index (κ2) is 4.53. The molecule has 1 aliphatic carbocycles. The van der Waals surface area contributed by atoms with Gasteiger partial charge in [-0.05, 0) is 24.5 Å². The minimum absolute atomic E-state index is 0.0650. The van der Waals surface area contributed by atoms with Gasteiger partial charge in [0.1, 0.15) is 12.4 Å². The van der Waals surface area contributed by atoms with E-state index in [4.69, 9.17) is 15.6 Å². The predicted molar refractivity (Wildman–Crippen MR) is 60.7 cm³/mol. The first-order chi connectivity index (χ1) is 7.74. The Kier molecular flexibility index (Phi) is 3.10. The molecule has 16 heavy (non-hydrogen) atoms. The molecule has 0 aliphatic heterocycles. The van der Waals surface area contributed by atoms with Gasteiger partial charge in [-0.1, -0.05) is 6.07 Å². The lowest BCUT2D eigenvalue weighted by Crippen LogP contribution is -2.15. The van der Waals surface area contributed by atoms with Gasteiger partial charge in [-0.3, -0.25) is 4.79 Å². The second-order valence-electron chi connectivity index (χ2n) is 3.86. The van der Waals surface area contributed by atoms with E-state index in [1.807, 2.05) is 6.07 Å². The number of benzene rings is 1. The van der Waals surface area contributed by atoms with Crippen molar-refractivity contribution in [2.45, 2.75) is 19.3 Å². The smallest absolute Gasteiger partial charge is 0.165 e. The molecular weight excluding hydrogens is 206 g/mol. The molecule has 0 radical (unpaired) electrons. The number of Topliss-reactive ketones (excluding diaryl/α,β-unsaturated/α-hetero) is 1. The normalized spacial score (nSPS) is 14.7. The van der Waals surface area contributed by atoms with Crippen molar-refractivity contribution in [2.24, 2.45) is 0 Å². The van der Waals surface area contributed by atoms with Crippen LogP contribution in [-0.2, 0) is 6.42 Å². The number of carbonyl (C=O) groups is 1. The molecule has 0 fully saturated rings. The summed E-state index contributed by atoms with van der Waals surface area (Å²) in [6.07, 6.45) is 2.34. The number of ether oxygens (including phenoxy) is 1. The van der Waals surface area contributed by atoms with E-state index in [2.05, 4.69) is 0 Å². The van der Waals surface area contributed by atoms with E-state index >= 15 is 0 Å². The minimum atomic E-state index is -0.0650. The highest BCUT2D eigenvalue weighted by atomic mass is 16.5. The molecule has 1 aliphatic rings. The van der Waals surface area contributed by atoms with Crippen LogP contribution in [0.25, 0.3) is 0 Å². The van der Waals surface area contributed by atoms with Crippen LogP contribution in [0.2, 0.25) is 0 Å². The van der Waals surface area contributed by atoms with Crippen LogP contribution in [0, 0.1) is 0 Å². The Morgan fingerprint density at radius 1 is 1.38 bits per heavy atom. The van der Waals surface area contributed by atoms with Gasteiger partial charge in [0, 0.05) is 12.0 Å². The summed E-state index contributed by atoms with van der Waals surface area (Å²) in [5, 5.41) is 8.68. The molecular formula is C12H15NO3. The lowest BCUT2D eigenvalue weighted by Gasteiger charge is -2.18. The molecule has 1 aromatic carbocycles. The van der Waals surface area contributed by atoms with Crippen LogP contribution in [0.5, 0.6) is 5.75 Å². The molecule has 0 unspecified atom stereocenters. The number of nitrogens with two attached hydrogens (primary N) is 1. The van der Waals surface area contributed by atoms with Gasteiger partial charge in [-0.15, -0.1) is 0 Å². The van der Waals surface area contributed by atoms with Gasteiger partial charge in [-0.2, -0.15) is 0 Å². The summed E-state index contributed by atoms with van der Waals surface area (Å²) in [6, 6.07) is 3.65. The molecule has 0 heterocycles. The van der Waals surface area contributed by atoms with Crippen molar-refractivity contribution in [1.29, 1.82) is 0 Å². The molecule has 0 saturated carbocycles. The summed E-state index contributed by atoms with van der Waals surface area (Å²) in [6.45, 7) is 0.127. The third kappa shape index (κ3) is 1.88. The Bertz CT molecular complexity index is 415. The monoisotopic (exact) mass is 221 g/mol. The lowest BCUT2D eigenvalue weighted by molar-refractivity contribution is 0.0973. The molecule has 0 saturated heterocycles. The van der Waals surface area contributed by atoms with Crippen LogP contribution in [-0.4, -0.2) is 24.1 Å². The number of nitrogen functional groups attached to an aromatic ring is 1. The van der Waals surface area contributed by atoms with E-state index in [1.165, 1.54) is 0 Å². The molecule has 0 bridgehead atoms. The molecule has 3 N–H and O–H groups in total. The van der Waals surface area contributed by atoms with Crippen LogP contribution in [0.3, 0.4) is 0 Å². The molecule has 0 amide bonds. The first kappa shape index (κ1) is 11.0. The maximum atomic E-state index is 11.7. The number of ketones is 1. The fourth-order valence-corrected chi connectivity index (χ4v) is 2.03. The highest BCUT2D eigenvalue weighted by Gasteiger charge is 2.21. The highest BCUT2D eigenvalue weighted by molar-refractivity contribution is 6.04. The fraction of sp³-hybridized carbons (Fsp3) is 0.417. The van der Waals surface area contributed by atoms with Crippen LogP contribution >= 0.6 is 0 Å². The first-order valence-electron chi connectivity index (χ1n) is 5.42. The molecule has 4 nitrogen and oxygen atoms in total. The highest BCUT2D eigenvalue weighted by Crippen LogP contribution is 2.33. The molecule has 1 aromatic rings. The molecule has 0 aromatic heterocycles. The van der Waals surface area contributed by atoms with E-state index in [-0.39, 0.29) is 19.0 Å². The molecule has 2 rings (SSSR count). The van der Waals surface area contributed by atoms with E-state index in [0.717, 1.165) is 18.4 Å². The Morgan fingerprint density at radius 3 is 2.94 bits per heavy atom. The van der Waals surface area contributed by atoms with Gasteiger partial charge in [-0.25, -0.2) is 0 Å². The van der Waals surface area contributed by atoms with Crippen molar-refractivity contribution < 1.29 is 14.6 Å². The van der Waals surface area contributed by atoms with Gasteiger partial charge in [0.25, 0.3) is 0 Å². The Morgan fingerprint density at radius 2 is 2.19 bits per heavy atom. The van der Waals surface area contributed by atoms with Crippen molar-refractivity contribution in [3.05, 3.63) is 23.3 Å². The number of rotatable bonds is 3. The van der Waals surface area contributed by atoms with Crippen molar-refractivity contribution in [1.82, 2.24) is 0 Å². The number of aryl methyl sites for hydroxylation is 1. The van der Waals surface area contributed by atoms with E-state index in [0.29, 0.717) is 23.4 Å². The number of hydrogen-bond acceptors (Lipinski definition) is 4. The fourth-order valence-electron chi connectivity index (χ4n) is 2.03. The number of hydrogen-bond donors (Lipinski definition) is 2. The van der Waals surface area contributed by atoms with Gasteiger partial charge in [0.05, 0.1) is 12.3 Å². The summed E-state index contributed by atoms with van der Waals surface area (Å²) in [4.78, 5) is 11.7. The van der Waals surface area contributed by atoms with Gasteiger partial charge < -0.3 is 15.6 Å². The minimum Gasteiger partial charge on any atom is -0.489 e. The van der Waals surface area contributed by atoms with Gasteiger partial charge in [0.15, 0.2) is 5.78 Å². The quantitative estimate of drug-likeness (QED) is 0.751. The maximum absolute atomic E-state index is 11.7. The third-order valence-corrected chi connectivity index (χ3v) is 2.77. The standard InChI is InChI=1S/C12H15NO3/c13-12-10(16-7-6-14)5-4-8-2-1-3-9(15)11(8)12/h4-5,14H,1-3,6-7,13H2. The predicted octanol–water partition coefficient (Wildman–Crippen LogP) is 1.16. The lowest BCUT2D eigenvalue weighted by atomic mass is 9.89. The number of carbonyl (C=O) groups excluding carboxylic acids is 1. The molecule has 4 heteroatoms. The Hall–Kier alpha value is -1.55. The largest absolute Gasteiger partial charge is 0.489 e. The van der Waals surface area contributed by atoms with E-state index in [1.54, 1.807) is 6.07 Å². The Balaban J connectivity index is 2.37. The zero-order valence-electron chi connectivity index (χ0n) is 9.03. The summed E-state index contributed by atoms with van der Waals surface area (Å²) in [5.41, 5.74) is 7.94. The summed E-state index contributed by atoms with van der Waals surface area (Å²) < 4.78 is 5.27. The first-order valence-corrected chi connectivity index (χ1v) is 5.42. The van der Waals surface area contributed by atoms with E-state index in [9.17, 15) is 4.79 Å². The average molecular weight is 221 g/mol. The average Bonchev–Trinajstić information content (AvgIpc) is 2.28. The van der Waals surface area contributed by atoms with Gasteiger partial charge in [0.2, 0.25) is 0 Å². The van der Waals surface area contributed by atoms with E-state index < -0.39 is 0 Å². The summed E-state index contributed by atoms with van der Waals surface area (Å²) >= 11 is 0. The number of aliphatic hydroxyl groups is 1. The topological polar surface area (TPSA) is 72.6 Å². The third-order valence-electron chi connectivity index (χ3n) is 2.77. The number of anilines is 1. The van der Waals surface area contributed by atoms with Crippen LogP contribution in [0.1, 0.15) is 28.8 Å². The molecule has 0 spiro atoms. The number of aliphatic hydroxyl groups excluding tert-OH is 1. The Labute approximate surface area is 94.0 Å². The van der Waals surface area contributed by atoms with Crippen molar-refractivity contribution in [2.75, 3.05) is 18.9 Å². The van der Waals surface area contributed by atoms with Crippen molar-refractivity contribution in [3.63, 3.8) is 0 Å². The van der Waals surface area contributed by atoms with Crippen LogP contribution in [0.15, 0.2) is 12.1 Å². The summed E-state index contributed by atoms with van der Waals surface area (Å²) in [7, 11) is 0. The molecule has 86 valence electrons. The van der Waals surface area contributed by atoms with Crippen molar-refractivity contribution >= 4 is 11.5 Å². The van der Waals surface area contributed by atoms with Crippen molar-refractivity contribution in [3.8, 4) is 5.75 Å². The zero-order valence-corrected chi connectivity index (χ0v) is 9.03. The SMILES string of the molecule is Nc1c(OCCO)ccc2c1C(=O)CCC2. The maximum Gasteiger partial charge on any atom is 0.165 e. The van der Waals surface area contributed by atoms with Crippen LogP contribution < -0.4 is 10.5 Å². The summed E-state index contributed by atoms with van der Waals surface area (Å²) in [5.74, 6) is 0.580. The number of fused-ring (bicyclic) bond motifs is 1. The zero-order chi connectivity index (χ0) is 11.5. The molecule has 0 atom stereocenters. The van der Waals surface area contributed by atoms with Crippen LogP contribution in [0.4, 0.5) is 5.69 Å². The second-order valence-corrected chi connectivity index (χ2v) is 3.86. The van der Waals surface area contributed by atoms with Gasteiger partial charge >= 0.3 is 0 Å².